The van der Waals surface area contributed by atoms with E-state index >= 15 is 0 Å². The molecule has 0 bridgehead atoms. The fourth-order valence-corrected chi connectivity index (χ4v) is 1.63. The van der Waals surface area contributed by atoms with Crippen LogP contribution in [0.25, 0.3) is 0 Å². The van der Waals surface area contributed by atoms with Gasteiger partial charge in [0, 0.05) is 5.69 Å². The quantitative estimate of drug-likeness (QED) is 0.843. The van der Waals surface area contributed by atoms with E-state index in [1.54, 1.807) is 24.3 Å². The van der Waals surface area contributed by atoms with Crippen LogP contribution >= 0.6 is 11.5 Å². The van der Waals surface area contributed by atoms with E-state index in [0.29, 0.717) is 5.69 Å². The summed E-state index contributed by atoms with van der Waals surface area (Å²) in [5.41, 5.74) is 0.643. The lowest BCUT2D eigenvalue weighted by atomic mass is 10.3. The first-order valence-electron chi connectivity index (χ1n) is 4.49. The maximum absolute atomic E-state index is 13.0. The van der Waals surface area contributed by atoms with Crippen molar-refractivity contribution in [2.75, 3.05) is 10.6 Å². The minimum Gasteiger partial charge on any atom is -0.308 e. The van der Waals surface area contributed by atoms with Crippen LogP contribution in [0.15, 0.2) is 36.5 Å². The first-order valence-corrected chi connectivity index (χ1v) is 5.26. The third kappa shape index (κ3) is 2.54. The molecular weight excluding hydrogens is 229 g/mol. The number of hydrogen-bond acceptors (Lipinski definition) is 3. The number of benzene rings is 1. The molecule has 0 unspecified atom stereocenters. The molecule has 0 aliphatic heterocycles. The van der Waals surface area contributed by atoms with E-state index in [1.807, 2.05) is 6.07 Å². The summed E-state index contributed by atoms with van der Waals surface area (Å²) in [5.74, 6) is -0.534. The lowest BCUT2D eigenvalue weighted by Crippen LogP contribution is -2.19. The van der Waals surface area contributed by atoms with E-state index in [1.165, 1.54) is 0 Å². The highest BCUT2D eigenvalue weighted by Gasteiger charge is 2.08. The van der Waals surface area contributed by atoms with Crippen LogP contribution in [0, 0.1) is 5.82 Å². The van der Waals surface area contributed by atoms with E-state index < -0.39 is 11.8 Å². The van der Waals surface area contributed by atoms with Gasteiger partial charge in [-0.15, -0.1) is 0 Å². The molecule has 0 spiro atoms. The van der Waals surface area contributed by atoms with Gasteiger partial charge in [0.05, 0.1) is 6.20 Å². The number of carbonyl (C=O) groups excluding carboxylic acids is 1. The smallest absolute Gasteiger partial charge is 0.308 e. The molecule has 2 amide bonds. The molecule has 2 rings (SSSR count). The minimum absolute atomic E-state index is 0.105. The Morgan fingerprint density at radius 1 is 1.25 bits per heavy atom. The molecule has 4 nitrogen and oxygen atoms in total. The number of rotatable bonds is 2. The number of nitrogens with zero attached hydrogens (tertiary/aromatic N) is 1. The van der Waals surface area contributed by atoms with E-state index in [0.717, 1.165) is 17.7 Å². The summed E-state index contributed by atoms with van der Waals surface area (Å²) in [6.07, 6.45) is 1.06. The Bertz CT molecular complexity index is 486. The topological polar surface area (TPSA) is 54.0 Å². The molecule has 2 N–H and O–H groups in total. The van der Waals surface area contributed by atoms with Crippen LogP contribution in [0.5, 0.6) is 0 Å². The molecule has 6 heteroatoms. The Morgan fingerprint density at radius 2 is 2.00 bits per heavy atom. The van der Waals surface area contributed by atoms with Crippen LogP contribution in [-0.2, 0) is 0 Å². The molecule has 1 heterocycles. The number of halogens is 1. The Morgan fingerprint density at radius 3 is 2.62 bits per heavy atom. The van der Waals surface area contributed by atoms with Gasteiger partial charge in [0.25, 0.3) is 0 Å². The molecule has 0 saturated heterocycles. The fourth-order valence-electron chi connectivity index (χ4n) is 1.10. The van der Waals surface area contributed by atoms with Gasteiger partial charge < -0.3 is 5.32 Å². The van der Waals surface area contributed by atoms with Crippen LogP contribution in [0.2, 0.25) is 0 Å². The van der Waals surface area contributed by atoms with Gasteiger partial charge in [-0.2, -0.15) is 4.37 Å². The monoisotopic (exact) mass is 237 g/mol. The molecular formula is C10H8FN3OS. The van der Waals surface area contributed by atoms with Gasteiger partial charge >= 0.3 is 6.03 Å². The van der Waals surface area contributed by atoms with E-state index in [9.17, 15) is 9.18 Å². The summed E-state index contributed by atoms with van der Waals surface area (Å²) in [7, 11) is 0. The molecule has 2 aromatic rings. The predicted molar refractivity (Wildman–Crippen MR) is 61.2 cm³/mol. The number of urea groups is 1. The van der Waals surface area contributed by atoms with Crippen LogP contribution in [0.4, 0.5) is 19.9 Å². The summed E-state index contributed by atoms with van der Waals surface area (Å²) in [4.78, 5) is 11.4. The second-order valence-corrected chi connectivity index (χ2v) is 3.75. The summed E-state index contributed by atoms with van der Waals surface area (Å²) >= 11 is 0.891. The van der Waals surface area contributed by atoms with Crippen molar-refractivity contribution in [2.24, 2.45) is 0 Å². The van der Waals surface area contributed by atoms with Crippen molar-refractivity contribution in [2.45, 2.75) is 0 Å². The van der Waals surface area contributed by atoms with Crippen molar-refractivity contribution in [1.82, 2.24) is 4.37 Å². The third-order valence-corrected chi connectivity index (χ3v) is 2.48. The summed E-state index contributed by atoms with van der Waals surface area (Å²) in [6, 6.07) is 8.41. The van der Waals surface area contributed by atoms with Crippen LogP contribution in [-0.4, -0.2) is 10.4 Å². The lowest BCUT2D eigenvalue weighted by Gasteiger charge is -2.04. The van der Waals surface area contributed by atoms with Gasteiger partial charge in [-0.3, -0.25) is 5.32 Å². The average molecular weight is 237 g/mol. The number of anilines is 2. The number of carbonyl (C=O) groups is 1. The second kappa shape index (κ2) is 4.71. The molecule has 1 aromatic carbocycles. The summed E-state index contributed by atoms with van der Waals surface area (Å²) in [6.45, 7) is 0. The molecule has 0 aliphatic carbocycles. The number of amides is 2. The van der Waals surface area contributed by atoms with Gasteiger partial charge in [0.15, 0.2) is 10.8 Å². The molecule has 0 fully saturated rings. The lowest BCUT2D eigenvalue weighted by molar-refractivity contribution is 0.262. The van der Waals surface area contributed by atoms with Gasteiger partial charge in [-0.05, 0) is 23.7 Å². The largest absolute Gasteiger partial charge is 0.324 e. The van der Waals surface area contributed by atoms with E-state index in [2.05, 4.69) is 15.0 Å². The molecule has 0 radical (unpaired) electrons. The fraction of sp³-hybridized carbons (Fsp3) is 0. The van der Waals surface area contributed by atoms with Gasteiger partial charge in [-0.25, -0.2) is 9.18 Å². The zero-order valence-corrected chi connectivity index (χ0v) is 8.92. The van der Waals surface area contributed by atoms with Crippen molar-refractivity contribution in [3.05, 3.63) is 42.3 Å². The molecule has 1 aromatic heterocycles. The molecule has 0 atom stereocenters. The third-order valence-electron chi connectivity index (χ3n) is 1.79. The molecule has 16 heavy (non-hydrogen) atoms. The van der Waals surface area contributed by atoms with Gasteiger partial charge in [0.1, 0.15) is 0 Å². The Hall–Kier alpha value is -1.95. The van der Waals surface area contributed by atoms with E-state index in [4.69, 9.17) is 0 Å². The number of para-hydroxylation sites is 1. The zero-order chi connectivity index (χ0) is 11.4. The minimum atomic E-state index is -0.534. The number of aromatic nitrogens is 1. The van der Waals surface area contributed by atoms with Gasteiger partial charge in [-0.1, -0.05) is 18.2 Å². The first-order chi connectivity index (χ1) is 7.75. The maximum atomic E-state index is 13.0. The highest BCUT2D eigenvalue weighted by molar-refractivity contribution is 7.10. The van der Waals surface area contributed by atoms with Crippen LogP contribution in [0.1, 0.15) is 0 Å². The number of nitrogens with one attached hydrogen (secondary N) is 2. The Balaban J connectivity index is 1.98. The normalized spacial score (nSPS) is 9.81. The van der Waals surface area contributed by atoms with Crippen molar-refractivity contribution >= 4 is 28.3 Å². The van der Waals surface area contributed by atoms with E-state index in [-0.39, 0.29) is 5.00 Å². The second-order valence-electron chi connectivity index (χ2n) is 2.95. The molecule has 0 saturated carbocycles. The Kier molecular flexibility index (Phi) is 3.11. The summed E-state index contributed by atoms with van der Waals surface area (Å²) in [5, 5.41) is 5.04. The SMILES string of the molecule is O=C(Nc1ccccc1)Nc1sncc1F. The van der Waals surface area contributed by atoms with Crippen molar-refractivity contribution < 1.29 is 9.18 Å². The van der Waals surface area contributed by atoms with Gasteiger partial charge in [0.2, 0.25) is 0 Å². The van der Waals surface area contributed by atoms with Crippen LogP contribution < -0.4 is 10.6 Å². The summed E-state index contributed by atoms with van der Waals surface area (Å²) < 4.78 is 16.6. The zero-order valence-electron chi connectivity index (χ0n) is 8.11. The Labute approximate surface area is 95.3 Å². The van der Waals surface area contributed by atoms with Crippen molar-refractivity contribution in [3.63, 3.8) is 0 Å². The molecule has 82 valence electrons. The standard InChI is InChI=1S/C10H8FN3OS/c11-8-6-12-16-9(8)14-10(15)13-7-4-2-1-3-5-7/h1-6H,(H2,13,14,15). The highest BCUT2D eigenvalue weighted by atomic mass is 32.1. The highest BCUT2D eigenvalue weighted by Crippen LogP contribution is 2.18. The molecule has 0 aliphatic rings. The number of hydrogen-bond donors (Lipinski definition) is 2. The average Bonchev–Trinajstić information content (AvgIpc) is 2.66. The first kappa shape index (κ1) is 10.6. The van der Waals surface area contributed by atoms with Crippen LogP contribution in [0.3, 0.4) is 0 Å². The van der Waals surface area contributed by atoms with Crippen molar-refractivity contribution in [3.8, 4) is 0 Å². The van der Waals surface area contributed by atoms with Crippen molar-refractivity contribution in [1.29, 1.82) is 0 Å². The predicted octanol–water partition coefficient (Wildman–Crippen LogP) is 2.93. The maximum Gasteiger partial charge on any atom is 0.324 e.